The highest BCUT2D eigenvalue weighted by Gasteiger charge is 2.28. The van der Waals surface area contributed by atoms with E-state index in [0.29, 0.717) is 31.2 Å². The molecule has 0 bridgehead atoms. The molecule has 1 saturated heterocycles. The van der Waals surface area contributed by atoms with Gasteiger partial charge in [0.05, 0.1) is 26.7 Å². The minimum absolute atomic E-state index is 0.119. The van der Waals surface area contributed by atoms with Gasteiger partial charge in [-0.3, -0.25) is 9.59 Å². The van der Waals surface area contributed by atoms with Crippen LogP contribution in [0.25, 0.3) is 6.08 Å². The van der Waals surface area contributed by atoms with Crippen molar-refractivity contribution in [3.05, 3.63) is 29.8 Å². The van der Waals surface area contributed by atoms with E-state index >= 15 is 0 Å². The van der Waals surface area contributed by atoms with Crippen molar-refractivity contribution in [2.24, 2.45) is 5.92 Å². The summed E-state index contributed by atoms with van der Waals surface area (Å²) < 4.78 is 15.6. The van der Waals surface area contributed by atoms with Gasteiger partial charge in [-0.2, -0.15) is 0 Å². The van der Waals surface area contributed by atoms with Gasteiger partial charge in [0.2, 0.25) is 5.91 Å². The molecule has 136 valence electrons. The third kappa shape index (κ3) is 4.98. The summed E-state index contributed by atoms with van der Waals surface area (Å²) in [4.78, 5) is 26.0. The second-order valence-electron chi connectivity index (χ2n) is 5.82. The van der Waals surface area contributed by atoms with Gasteiger partial charge in [-0.15, -0.1) is 0 Å². The number of hydrogen-bond acceptors (Lipinski definition) is 5. The number of methoxy groups -OCH3 is 2. The maximum Gasteiger partial charge on any atom is 0.310 e. The van der Waals surface area contributed by atoms with Crippen LogP contribution in [0.5, 0.6) is 11.5 Å². The smallest absolute Gasteiger partial charge is 0.310 e. The molecule has 6 heteroatoms. The Morgan fingerprint density at radius 1 is 1.28 bits per heavy atom. The zero-order valence-corrected chi connectivity index (χ0v) is 15.0. The normalized spacial score (nSPS) is 17.4. The molecular formula is C19H25NO5. The lowest BCUT2D eigenvalue weighted by Gasteiger charge is -2.30. The molecule has 0 aliphatic carbocycles. The molecule has 1 aromatic carbocycles. The van der Waals surface area contributed by atoms with E-state index in [1.807, 2.05) is 12.1 Å². The van der Waals surface area contributed by atoms with Crippen molar-refractivity contribution in [1.29, 1.82) is 0 Å². The first kappa shape index (κ1) is 18.8. The van der Waals surface area contributed by atoms with E-state index in [0.717, 1.165) is 18.4 Å². The minimum Gasteiger partial charge on any atom is -0.497 e. The first-order valence-corrected chi connectivity index (χ1v) is 8.44. The van der Waals surface area contributed by atoms with E-state index < -0.39 is 0 Å². The standard InChI is InChI=1S/C19H25NO5/c1-4-25-19(22)15-6-5-11-20(13-15)18(21)10-8-14-7-9-16(23-2)12-17(14)24-3/h7-10,12,15H,4-6,11,13H2,1-3H3/b10-8+/t15-/m0/s1. The Kier molecular flexibility index (Phi) is 6.86. The Hall–Kier alpha value is -2.50. The Morgan fingerprint density at radius 3 is 2.76 bits per heavy atom. The molecule has 1 atom stereocenters. The molecule has 0 N–H and O–H groups in total. The lowest BCUT2D eigenvalue weighted by Crippen LogP contribution is -2.42. The van der Waals surface area contributed by atoms with E-state index in [-0.39, 0.29) is 17.8 Å². The summed E-state index contributed by atoms with van der Waals surface area (Å²) >= 11 is 0. The summed E-state index contributed by atoms with van der Waals surface area (Å²) in [6.45, 7) is 3.20. The van der Waals surface area contributed by atoms with Gasteiger partial charge in [-0.05, 0) is 38.0 Å². The van der Waals surface area contributed by atoms with Crippen molar-refractivity contribution >= 4 is 18.0 Å². The minimum atomic E-state index is -0.235. The van der Waals surface area contributed by atoms with E-state index in [4.69, 9.17) is 14.2 Å². The summed E-state index contributed by atoms with van der Waals surface area (Å²) in [7, 11) is 3.16. The number of piperidine rings is 1. The summed E-state index contributed by atoms with van der Waals surface area (Å²) in [5, 5.41) is 0. The summed E-state index contributed by atoms with van der Waals surface area (Å²) in [6.07, 6.45) is 4.79. The lowest BCUT2D eigenvalue weighted by atomic mass is 9.98. The molecule has 1 aliphatic heterocycles. The number of amides is 1. The molecule has 0 saturated carbocycles. The molecule has 2 rings (SSSR count). The zero-order chi connectivity index (χ0) is 18.2. The van der Waals surface area contributed by atoms with Crippen LogP contribution in [-0.4, -0.2) is 50.7 Å². The van der Waals surface area contributed by atoms with Crippen LogP contribution >= 0.6 is 0 Å². The van der Waals surface area contributed by atoms with Crippen molar-refractivity contribution in [1.82, 2.24) is 4.90 Å². The third-order valence-electron chi connectivity index (χ3n) is 4.20. The number of carbonyl (C=O) groups is 2. The average Bonchev–Trinajstić information content (AvgIpc) is 2.66. The van der Waals surface area contributed by atoms with Gasteiger partial charge in [0.25, 0.3) is 0 Å². The molecule has 0 spiro atoms. The van der Waals surface area contributed by atoms with Crippen LogP contribution in [0.1, 0.15) is 25.3 Å². The average molecular weight is 347 g/mol. The van der Waals surface area contributed by atoms with Gasteiger partial charge in [0.15, 0.2) is 0 Å². The van der Waals surface area contributed by atoms with Crippen molar-refractivity contribution in [2.75, 3.05) is 33.9 Å². The number of nitrogens with zero attached hydrogens (tertiary/aromatic N) is 1. The van der Waals surface area contributed by atoms with Crippen LogP contribution in [0, 0.1) is 5.92 Å². The summed E-state index contributed by atoms with van der Waals surface area (Å²) in [5.41, 5.74) is 0.788. The molecular weight excluding hydrogens is 322 g/mol. The molecule has 1 fully saturated rings. The number of hydrogen-bond donors (Lipinski definition) is 0. The fourth-order valence-electron chi connectivity index (χ4n) is 2.85. The second kappa shape index (κ2) is 9.11. The first-order chi connectivity index (χ1) is 12.1. The quantitative estimate of drug-likeness (QED) is 0.584. The van der Waals surface area contributed by atoms with Crippen LogP contribution in [0.15, 0.2) is 24.3 Å². The predicted octanol–water partition coefficient (Wildman–Crippen LogP) is 2.52. The third-order valence-corrected chi connectivity index (χ3v) is 4.20. The summed E-state index contributed by atoms with van der Waals surface area (Å²) in [6, 6.07) is 5.41. The lowest BCUT2D eigenvalue weighted by molar-refractivity contribution is -0.150. The van der Waals surface area contributed by atoms with Crippen molar-refractivity contribution in [3.8, 4) is 11.5 Å². The molecule has 25 heavy (non-hydrogen) atoms. The predicted molar refractivity (Wildman–Crippen MR) is 94.5 cm³/mol. The maximum absolute atomic E-state index is 12.4. The van der Waals surface area contributed by atoms with E-state index in [1.54, 1.807) is 38.2 Å². The largest absolute Gasteiger partial charge is 0.497 e. The molecule has 1 heterocycles. The van der Waals surface area contributed by atoms with Gasteiger partial charge in [-0.25, -0.2) is 0 Å². The van der Waals surface area contributed by atoms with Crippen molar-refractivity contribution in [3.63, 3.8) is 0 Å². The molecule has 0 aromatic heterocycles. The first-order valence-electron chi connectivity index (χ1n) is 8.44. The monoisotopic (exact) mass is 347 g/mol. The van der Waals surface area contributed by atoms with Crippen molar-refractivity contribution in [2.45, 2.75) is 19.8 Å². The van der Waals surface area contributed by atoms with E-state index in [9.17, 15) is 9.59 Å². The number of benzene rings is 1. The highest BCUT2D eigenvalue weighted by atomic mass is 16.5. The van der Waals surface area contributed by atoms with Crippen molar-refractivity contribution < 1.29 is 23.8 Å². The highest BCUT2D eigenvalue weighted by molar-refractivity contribution is 5.92. The number of carbonyl (C=O) groups excluding carboxylic acids is 2. The Morgan fingerprint density at radius 2 is 2.08 bits per heavy atom. The Balaban J connectivity index is 2.03. The molecule has 1 amide bonds. The summed E-state index contributed by atoms with van der Waals surface area (Å²) in [5.74, 6) is 0.745. The van der Waals surface area contributed by atoms with Crippen LogP contribution < -0.4 is 9.47 Å². The van der Waals surface area contributed by atoms with Crippen LogP contribution in [-0.2, 0) is 14.3 Å². The number of likely N-dealkylation sites (tertiary alicyclic amines) is 1. The van der Waals surface area contributed by atoms with Gasteiger partial charge < -0.3 is 19.1 Å². The van der Waals surface area contributed by atoms with Gasteiger partial charge in [0.1, 0.15) is 11.5 Å². The second-order valence-corrected chi connectivity index (χ2v) is 5.82. The maximum atomic E-state index is 12.4. The fourth-order valence-corrected chi connectivity index (χ4v) is 2.85. The number of rotatable bonds is 6. The molecule has 6 nitrogen and oxygen atoms in total. The molecule has 0 unspecified atom stereocenters. The van der Waals surface area contributed by atoms with E-state index in [2.05, 4.69) is 0 Å². The SMILES string of the molecule is CCOC(=O)[C@H]1CCCN(C(=O)/C=C/c2ccc(OC)cc2OC)C1. The van der Waals surface area contributed by atoms with Crippen LogP contribution in [0.3, 0.4) is 0 Å². The van der Waals surface area contributed by atoms with Gasteiger partial charge in [-0.1, -0.05) is 0 Å². The Bertz CT molecular complexity index is 641. The van der Waals surface area contributed by atoms with E-state index in [1.165, 1.54) is 6.08 Å². The molecule has 1 aromatic rings. The highest BCUT2D eigenvalue weighted by Crippen LogP contribution is 2.26. The van der Waals surface area contributed by atoms with Gasteiger partial charge >= 0.3 is 5.97 Å². The van der Waals surface area contributed by atoms with Crippen LogP contribution in [0.4, 0.5) is 0 Å². The zero-order valence-electron chi connectivity index (χ0n) is 15.0. The topological polar surface area (TPSA) is 65.1 Å². The Labute approximate surface area is 148 Å². The fraction of sp³-hybridized carbons (Fsp3) is 0.474. The molecule has 0 radical (unpaired) electrons. The number of esters is 1. The number of ether oxygens (including phenoxy) is 3. The van der Waals surface area contributed by atoms with Gasteiger partial charge in [0, 0.05) is 30.8 Å². The van der Waals surface area contributed by atoms with Crippen LogP contribution in [0.2, 0.25) is 0 Å². The molecule has 1 aliphatic rings.